The fraction of sp³-hybridized carbons (Fsp3) is 0.667. The highest BCUT2D eigenvalue weighted by atomic mass is 16.5. The Balaban J connectivity index is 1.47. The summed E-state index contributed by atoms with van der Waals surface area (Å²) >= 11 is 0. The molecule has 14 nitrogen and oxygen atoms in total. The van der Waals surface area contributed by atoms with Crippen LogP contribution in [-0.4, -0.2) is 103 Å². The number of carbonyl (C=O) groups excluding carboxylic acids is 7. The number of likely N-dealkylation sites (tertiary alicyclic amines) is 1. The van der Waals surface area contributed by atoms with E-state index in [0.29, 0.717) is 24.4 Å². The van der Waals surface area contributed by atoms with E-state index in [1.807, 2.05) is 41.5 Å². The second-order valence-corrected chi connectivity index (χ2v) is 16.5. The van der Waals surface area contributed by atoms with Gasteiger partial charge in [0, 0.05) is 20.6 Å². The number of likely N-dealkylation sites (N-methyl/N-ethyl adjacent to an activating group) is 1. The summed E-state index contributed by atoms with van der Waals surface area (Å²) in [4.78, 5) is 96.8. The first-order chi connectivity index (χ1) is 24.9. The topological polar surface area (TPSA) is 183 Å². The van der Waals surface area contributed by atoms with Gasteiger partial charge in [0.1, 0.15) is 18.1 Å². The number of hydrogen-bond donors (Lipinski definition) is 4. The van der Waals surface area contributed by atoms with Gasteiger partial charge < -0.3 is 35.8 Å². The number of ether oxygens (including phenoxy) is 1. The highest BCUT2D eigenvalue weighted by Crippen LogP contribution is 2.57. The van der Waals surface area contributed by atoms with Gasteiger partial charge in [0.2, 0.25) is 29.4 Å². The van der Waals surface area contributed by atoms with Gasteiger partial charge in [0.05, 0.1) is 19.2 Å². The maximum Gasteiger partial charge on any atom is 0.407 e. The van der Waals surface area contributed by atoms with Crippen LogP contribution >= 0.6 is 0 Å². The molecule has 1 aromatic carbocycles. The lowest BCUT2D eigenvalue weighted by molar-refractivity contribution is -0.145. The molecule has 3 aliphatic rings. The predicted octanol–water partition coefficient (Wildman–Crippen LogP) is 2.57. The van der Waals surface area contributed by atoms with E-state index in [1.54, 1.807) is 49.3 Å². The molecule has 2 saturated carbocycles. The number of nitrogens with zero attached hydrogens (tertiary/aromatic N) is 2. The molecule has 1 aliphatic heterocycles. The van der Waals surface area contributed by atoms with E-state index in [-0.39, 0.29) is 42.6 Å². The maximum absolute atomic E-state index is 14.4. The van der Waals surface area contributed by atoms with Gasteiger partial charge in [-0.25, -0.2) is 4.79 Å². The summed E-state index contributed by atoms with van der Waals surface area (Å²) in [5.41, 5.74) is -0.155. The number of rotatable bonds is 15. The lowest BCUT2D eigenvalue weighted by atomic mass is 9.78. The molecule has 1 heterocycles. The number of Topliss-reactive ketones (excluding diaryl/α,β-unsaturated/α-hetero) is 1. The third-order valence-electron chi connectivity index (χ3n) is 10.7. The van der Waals surface area contributed by atoms with E-state index in [4.69, 9.17) is 4.74 Å². The van der Waals surface area contributed by atoms with Crippen molar-refractivity contribution >= 4 is 41.4 Å². The number of alkyl carbamates (subject to hydrolysis) is 1. The average molecular weight is 739 g/mol. The highest BCUT2D eigenvalue weighted by molar-refractivity contribution is 6.38. The lowest BCUT2D eigenvalue weighted by Gasteiger charge is -2.37. The maximum atomic E-state index is 14.4. The van der Waals surface area contributed by atoms with Crippen molar-refractivity contribution < 1.29 is 38.3 Å². The molecule has 3 fully saturated rings. The Labute approximate surface area is 312 Å². The van der Waals surface area contributed by atoms with E-state index < -0.39 is 71.6 Å². The van der Waals surface area contributed by atoms with Crippen LogP contribution in [0.5, 0.6) is 0 Å². The van der Waals surface area contributed by atoms with Gasteiger partial charge in [-0.3, -0.25) is 28.8 Å². The molecule has 1 saturated heterocycles. The number of amides is 6. The lowest BCUT2D eigenvalue weighted by Crippen LogP contribution is -2.60. The quantitative estimate of drug-likeness (QED) is 0.198. The fourth-order valence-corrected chi connectivity index (χ4v) is 8.15. The van der Waals surface area contributed by atoms with Crippen molar-refractivity contribution in [3.05, 3.63) is 35.9 Å². The van der Waals surface area contributed by atoms with Gasteiger partial charge in [-0.2, -0.15) is 0 Å². The second kappa shape index (κ2) is 17.6. The summed E-state index contributed by atoms with van der Waals surface area (Å²) in [6.07, 6.45) is 2.88. The molecule has 6 amide bonds. The minimum atomic E-state index is -1.19. The summed E-state index contributed by atoms with van der Waals surface area (Å²) in [7, 11) is 3.13. The van der Waals surface area contributed by atoms with Crippen LogP contribution in [0.15, 0.2) is 30.3 Å². The monoisotopic (exact) mass is 738 g/mol. The number of benzene rings is 1. The van der Waals surface area contributed by atoms with Crippen LogP contribution in [0.1, 0.15) is 85.3 Å². The SMILES string of the molecule is CCC[C@H](NC(=O)[C@@H]1[C@H]2C3CC[C@H](C3)C2CN1C(=O)[C@@H](NC(=O)OCC(C)C)C(C)(C)C)C(=O)C(=O)NCC(=O)NC(C(=O)N(C)C)c1ccccc1. The van der Waals surface area contributed by atoms with Crippen LogP contribution in [-0.2, 0) is 33.5 Å². The van der Waals surface area contributed by atoms with Gasteiger partial charge >= 0.3 is 6.09 Å². The molecule has 53 heavy (non-hydrogen) atoms. The first-order valence-corrected chi connectivity index (χ1v) is 18.9. The molecule has 0 aromatic heterocycles. The molecule has 2 aliphatic carbocycles. The third kappa shape index (κ3) is 9.94. The van der Waals surface area contributed by atoms with Crippen LogP contribution in [0.4, 0.5) is 4.79 Å². The third-order valence-corrected chi connectivity index (χ3v) is 10.7. The summed E-state index contributed by atoms with van der Waals surface area (Å²) in [5, 5.41) is 10.5. The number of carbonyl (C=O) groups is 7. The standard InChI is InChI=1S/C39H58N6O8/c1-9-13-27(32(47)35(49)40-19-28(46)42-30(36(50)44(7)8)23-14-11-10-12-15-23)41-34(48)31-29-25-17-16-24(18-25)26(29)20-45(31)37(51)33(39(4,5)6)43-38(52)53-21-22(2)3/h10-12,14-15,22,24-27,29-31,33H,9,13,16-21H2,1-8H3,(H,40,49)(H,41,48)(H,42,46)(H,43,52)/t24-,25?,26?,27+,29+,30?,31+,33-/m1/s1. The second-order valence-electron chi connectivity index (χ2n) is 16.5. The first-order valence-electron chi connectivity index (χ1n) is 18.9. The van der Waals surface area contributed by atoms with Crippen molar-refractivity contribution in [2.45, 2.75) is 97.8 Å². The van der Waals surface area contributed by atoms with Crippen LogP contribution < -0.4 is 21.3 Å². The molecule has 3 unspecified atom stereocenters. The number of hydrogen-bond acceptors (Lipinski definition) is 8. The van der Waals surface area contributed by atoms with E-state index >= 15 is 0 Å². The Bertz CT molecular complexity index is 1530. The zero-order chi connectivity index (χ0) is 39.2. The number of nitrogens with one attached hydrogen (secondary N) is 4. The van der Waals surface area contributed by atoms with Crippen molar-refractivity contribution in [1.29, 1.82) is 0 Å². The summed E-state index contributed by atoms with van der Waals surface area (Å²) in [5.74, 6) is -3.18. The predicted molar refractivity (Wildman–Crippen MR) is 197 cm³/mol. The number of ketones is 1. The summed E-state index contributed by atoms with van der Waals surface area (Å²) in [6, 6.07) is 4.61. The van der Waals surface area contributed by atoms with Gasteiger partial charge in [0.25, 0.3) is 5.91 Å². The van der Waals surface area contributed by atoms with Gasteiger partial charge in [-0.05, 0) is 66.3 Å². The van der Waals surface area contributed by atoms with Crippen molar-refractivity contribution in [3.63, 3.8) is 0 Å². The van der Waals surface area contributed by atoms with Crippen LogP contribution in [0.3, 0.4) is 0 Å². The first kappa shape index (κ1) is 41.3. The van der Waals surface area contributed by atoms with E-state index in [0.717, 1.165) is 19.3 Å². The molecule has 1 aromatic rings. The molecule has 0 spiro atoms. The Hall–Kier alpha value is -4.49. The van der Waals surface area contributed by atoms with E-state index in [2.05, 4.69) is 21.3 Å². The zero-order valence-corrected chi connectivity index (χ0v) is 32.4. The molecule has 4 N–H and O–H groups in total. The van der Waals surface area contributed by atoms with Crippen molar-refractivity contribution in [2.75, 3.05) is 33.8 Å². The smallest absolute Gasteiger partial charge is 0.407 e. The zero-order valence-electron chi connectivity index (χ0n) is 32.4. The Morgan fingerprint density at radius 1 is 0.943 bits per heavy atom. The molecule has 292 valence electrons. The Morgan fingerprint density at radius 2 is 1.60 bits per heavy atom. The Morgan fingerprint density at radius 3 is 2.21 bits per heavy atom. The largest absolute Gasteiger partial charge is 0.449 e. The van der Waals surface area contributed by atoms with Crippen molar-refractivity contribution in [2.24, 2.45) is 35.0 Å². The molecule has 2 bridgehead atoms. The van der Waals surface area contributed by atoms with Crippen molar-refractivity contribution in [3.8, 4) is 0 Å². The van der Waals surface area contributed by atoms with Gasteiger partial charge in [0.15, 0.2) is 0 Å². The minimum Gasteiger partial charge on any atom is -0.449 e. The molecule has 0 radical (unpaired) electrons. The van der Waals surface area contributed by atoms with Crippen molar-refractivity contribution in [1.82, 2.24) is 31.1 Å². The van der Waals surface area contributed by atoms with E-state index in [9.17, 15) is 33.6 Å². The molecular weight excluding hydrogens is 680 g/mol. The van der Waals surface area contributed by atoms with Crippen LogP contribution in [0, 0.1) is 35.0 Å². The number of fused-ring (bicyclic) bond motifs is 5. The molecule has 4 rings (SSSR count). The van der Waals surface area contributed by atoms with Gasteiger partial charge in [-0.15, -0.1) is 0 Å². The molecule has 8 atom stereocenters. The Kier molecular flexibility index (Phi) is 13.7. The fourth-order valence-electron chi connectivity index (χ4n) is 8.15. The van der Waals surface area contributed by atoms with Gasteiger partial charge in [-0.1, -0.05) is 78.3 Å². The molecule has 14 heteroatoms. The highest BCUT2D eigenvalue weighted by Gasteiger charge is 2.60. The summed E-state index contributed by atoms with van der Waals surface area (Å²) in [6.45, 7) is 11.1. The average Bonchev–Trinajstić information content (AvgIpc) is 3.83. The molecular formula is C39H58N6O8. The van der Waals surface area contributed by atoms with E-state index in [1.165, 1.54) is 4.90 Å². The van der Waals surface area contributed by atoms with Crippen LogP contribution in [0.25, 0.3) is 0 Å². The normalized spacial score (nSPS) is 23.3. The summed E-state index contributed by atoms with van der Waals surface area (Å²) < 4.78 is 5.34. The minimum absolute atomic E-state index is 0.106. The van der Waals surface area contributed by atoms with Crippen LogP contribution in [0.2, 0.25) is 0 Å².